The van der Waals surface area contributed by atoms with Gasteiger partial charge in [0, 0.05) is 6.54 Å². The largest absolute Gasteiger partial charge is 0.481 e. The SMILES string of the molecule is CC(C)c1ccc(C(c2ccc3c(c2)OCO3)N2CCCC(C(=O)O)C2)cc1. The fourth-order valence-electron chi connectivity index (χ4n) is 4.20. The summed E-state index contributed by atoms with van der Waals surface area (Å²) in [6.45, 7) is 6.06. The molecule has 2 unspecified atom stereocenters. The number of carboxylic acid groups (broad SMARTS) is 1. The summed E-state index contributed by atoms with van der Waals surface area (Å²) in [6, 6.07) is 14.8. The first-order valence-corrected chi connectivity index (χ1v) is 9.99. The number of ether oxygens (including phenoxy) is 2. The highest BCUT2D eigenvalue weighted by molar-refractivity contribution is 5.70. The molecule has 0 aliphatic carbocycles. The topological polar surface area (TPSA) is 59.0 Å². The van der Waals surface area contributed by atoms with Crippen LogP contribution in [0.2, 0.25) is 0 Å². The van der Waals surface area contributed by atoms with Crippen LogP contribution >= 0.6 is 0 Å². The first-order chi connectivity index (χ1) is 13.5. The quantitative estimate of drug-likeness (QED) is 0.831. The van der Waals surface area contributed by atoms with Crippen molar-refractivity contribution in [3.63, 3.8) is 0 Å². The van der Waals surface area contributed by atoms with Crippen LogP contribution in [0.3, 0.4) is 0 Å². The molecule has 28 heavy (non-hydrogen) atoms. The zero-order chi connectivity index (χ0) is 19.7. The van der Waals surface area contributed by atoms with Crippen molar-refractivity contribution in [1.82, 2.24) is 4.90 Å². The number of nitrogens with zero attached hydrogens (tertiary/aromatic N) is 1. The van der Waals surface area contributed by atoms with Crippen molar-refractivity contribution in [1.29, 1.82) is 0 Å². The third-order valence-electron chi connectivity index (χ3n) is 5.80. The van der Waals surface area contributed by atoms with Gasteiger partial charge in [0.2, 0.25) is 6.79 Å². The maximum atomic E-state index is 11.6. The number of benzene rings is 2. The normalized spacial score (nSPS) is 20.3. The molecule has 2 aromatic carbocycles. The molecule has 2 aliphatic rings. The maximum Gasteiger partial charge on any atom is 0.307 e. The summed E-state index contributed by atoms with van der Waals surface area (Å²) < 4.78 is 11.0. The van der Waals surface area contributed by atoms with Gasteiger partial charge in [-0.25, -0.2) is 0 Å². The van der Waals surface area contributed by atoms with Crippen molar-refractivity contribution >= 4 is 5.97 Å². The van der Waals surface area contributed by atoms with Gasteiger partial charge < -0.3 is 14.6 Å². The van der Waals surface area contributed by atoms with Crippen LogP contribution < -0.4 is 9.47 Å². The van der Waals surface area contributed by atoms with Crippen molar-refractivity contribution in [2.24, 2.45) is 5.92 Å². The number of carbonyl (C=O) groups is 1. The van der Waals surface area contributed by atoms with E-state index in [1.54, 1.807) is 0 Å². The van der Waals surface area contributed by atoms with E-state index in [0.29, 0.717) is 12.5 Å². The summed E-state index contributed by atoms with van der Waals surface area (Å²) in [5, 5.41) is 9.54. The lowest BCUT2D eigenvalue weighted by Crippen LogP contribution is -2.41. The van der Waals surface area contributed by atoms with E-state index >= 15 is 0 Å². The molecule has 2 aromatic rings. The van der Waals surface area contributed by atoms with Crippen molar-refractivity contribution in [2.75, 3.05) is 19.9 Å². The fraction of sp³-hybridized carbons (Fsp3) is 0.435. The average Bonchev–Trinajstić information content (AvgIpc) is 3.17. The van der Waals surface area contributed by atoms with Crippen LogP contribution in [0.4, 0.5) is 0 Å². The summed E-state index contributed by atoms with van der Waals surface area (Å²) >= 11 is 0. The van der Waals surface area contributed by atoms with Crippen molar-refractivity contribution in [3.8, 4) is 11.5 Å². The van der Waals surface area contributed by atoms with Crippen LogP contribution in [-0.4, -0.2) is 35.9 Å². The molecule has 5 nitrogen and oxygen atoms in total. The molecule has 2 atom stereocenters. The Hall–Kier alpha value is -2.53. The van der Waals surface area contributed by atoms with E-state index in [2.05, 4.69) is 49.1 Å². The van der Waals surface area contributed by atoms with E-state index in [-0.39, 0.29) is 18.8 Å². The first kappa shape index (κ1) is 18.8. The zero-order valence-electron chi connectivity index (χ0n) is 16.4. The molecule has 1 fully saturated rings. The summed E-state index contributed by atoms with van der Waals surface area (Å²) in [7, 11) is 0. The molecule has 0 saturated carbocycles. The molecule has 1 N–H and O–H groups in total. The number of carboxylic acids is 1. The van der Waals surface area contributed by atoms with E-state index in [1.807, 2.05) is 12.1 Å². The Morgan fingerprint density at radius 2 is 1.71 bits per heavy atom. The molecule has 2 aliphatic heterocycles. The monoisotopic (exact) mass is 381 g/mol. The highest BCUT2D eigenvalue weighted by Crippen LogP contribution is 2.39. The number of fused-ring (bicyclic) bond motifs is 1. The van der Waals surface area contributed by atoms with Gasteiger partial charge in [0.15, 0.2) is 11.5 Å². The highest BCUT2D eigenvalue weighted by atomic mass is 16.7. The standard InChI is InChI=1S/C23H27NO4/c1-15(2)16-5-7-17(8-6-16)22(24-11-3-4-19(13-24)23(25)26)18-9-10-20-21(12-18)28-14-27-20/h5-10,12,15,19,22H,3-4,11,13-14H2,1-2H3,(H,25,26). The van der Waals surface area contributed by atoms with Crippen molar-refractivity contribution in [3.05, 3.63) is 59.2 Å². The van der Waals surface area contributed by atoms with Crippen LogP contribution in [0.1, 0.15) is 55.3 Å². The van der Waals surface area contributed by atoms with Gasteiger partial charge >= 0.3 is 5.97 Å². The third-order valence-corrected chi connectivity index (χ3v) is 5.80. The number of rotatable bonds is 5. The molecule has 0 amide bonds. The minimum atomic E-state index is -0.704. The number of hydrogen-bond acceptors (Lipinski definition) is 4. The number of aliphatic carboxylic acids is 1. The minimum absolute atomic E-state index is 0.00198. The Labute approximate surface area is 165 Å². The highest BCUT2D eigenvalue weighted by Gasteiger charge is 2.32. The van der Waals surface area contributed by atoms with E-state index in [9.17, 15) is 9.90 Å². The van der Waals surface area contributed by atoms with E-state index in [0.717, 1.165) is 36.4 Å². The molecule has 4 rings (SSSR count). The molecule has 5 heteroatoms. The van der Waals surface area contributed by atoms with Gasteiger partial charge in [-0.1, -0.05) is 44.2 Å². The second-order valence-corrected chi connectivity index (χ2v) is 8.01. The Balaban J connectivity index is 1.71. The van der Waals surface area contributed by atoms with Gasteiger partial charge in [0.1, 0.15) is 0 Å². The predicted molar refractivity (Wildman–Crippen MR) is 107 cm³/mol. The summed E-state index contributed by atoms with van der Waals surface area (Å²) in [5.41, 5.74) is 3.58. The first-order valence-electron chi connectivity index (χ1n) is 9.99. The lowest BCUT2D eigenvalue weighted by molar-refractivity contribution is -0.143. The molecular formula is C23H27NO4. The van der Waals surface area contributed by atoms with E-state index < -0.39 is 5.97 Å². The Morgan fingerprint density at radius 1 is 1.04 bits per heavy atom. The van der Waals surface area contributed by atoms with Gasteiger partial charge in [-0.2, -0.15) is 0 Å². The van der Waals surface area contributed by atoms with Crippen LogP contribution in [0.15, 0.2) is 42.5 Å². The number of piperidine rings is 1. The van der Waals surface area contributed by atoms with Crippen LogP contribution in [0, 0.1) is 5.92 Å². The smallest absolute Gasteiger partial charge is 0.307 e. The maximum absolute atomic E-state index is 11.6. The number of likely N-dealkylation sites (tertiary alicyclic amines) is 1. The molecule has 148 valence electrons. The summed E-state index contributed by atoms with van der Waals surface area (Å²) in [4.78, 5) is 13.9. The molecule has 1 saturated heterocycles. The minimum Gasteiger partial charge on any atom is -0.481 e. The second-order valence-electron chi connectivity index (χ2n) is 8.01. The Bertz CT molecular complexity index is 846. The fourth-order valence-corrected chi connectivity index (χ4v) is 4.20. The van der Waals surface area contributed by atoms with Crippen LogP contribution in [0.25, 0.3) is 0 Å². The van der Waals surface area contributed by atoms with E-state index in [4.69, 9.17) is 9.47 Å². The molecule has 2 heterocycles. The summed E-state index contributed by atoms with van der Waals surface area (Å²) in [5.74, 6) is 0.974. The third kappa shape index (κ3) is 3.72. The average molecular weight is 381 g/mol. The lowest BCUT2D eigenvalue weighted by atomic mass is 9.90. The van der Waals surface area contributed by atoms with Crippen LogP contribution in [0.5, 0.6) is 11.5 Å². The molecule has 0 spiro atoms. The van der Waals surface area contributed by atoms with Gasteiger partial charge in [-0.3, -0.25) is 9.69 Å². The van der Waals surface area contributed by atoms with Crippen molar-refractivity contribution < 1.29 is 19.4 Å². The van der Waals surface area contributed by atoms with Gasteiger partial charge in [-0.15, -0.1) is 0 Å². The van der Waals surface area contributed by atoms with Crippen molar-refractivity contribution in [2.45, 2.75) is 38.6 Å². The van der Waals surface area contributed by atoms with Crippen LogP contribution in [-0.2, 0) is 4.79 Å². The van der Waals surface area contributed by atoms with Gasteiger partial charge in [0.05, 0.1) is 12.0 Å². The molecule has 0 radical (unpaired) electrons. The second kappa shape index (κ2) is 7.84. The predicted octanol–water partition coefficient (Wildman–Crippen LogP) is 4.42. The van der Waals surface area contributed by atoms with E-state index in [1.165, 1.54) is 11.1 Å². The lowest BCUT2D eigenvalue weighted by Gasteiger charge is -2.37. The molecule has 0 aromatic heterocycles. The van der Waals surface area contributed by atoms with Gasteiger partial charge in [-0.05, 0) is 54.1 Å². The summed E-state index contributed by atoms with van der Waals surface area (Å²) in [6.07, 6.45) is 1.63. The Kier molecular flexibility index (Phi) is 5.27. The molecule has 0 bridgehead atoms. The van der Waals surface area contributed by atoms with Gasteiger partial charge in [0.25, 0.3) is 0 Å². The Morgan fingerprint density at radius 3 is 2.43 bits per heavy atom. The zero-order valence-corrected chi connectivity index (χ0v) is 16.4. The molecular weight excluding hydrogens is 354 g/mol. The number of hydrogen-bond donors (Lipinski definition) is 1.